The van der Waals surface area contributed by atoms with Gasteiger partial charge in [-0.25, -0.2) is 13.1 Å². The number of hydrogen-bond acceptors (Lipinski definition) is 7. The zero-order valence-electron chi connectivity index (χ0n) is 24.2. The molecule has 0 saturated heterocycles. The standard InChI is InChI=1S/C29H50N6O3S/c1-30-18-11-21-31-19-7-8-20-32-22-12-23-33-29(36)17-5-4-6-24-34-39(37,38)28-16-10-13-25-26(28)14-9-15-27(25)35(2)3/h9-10,13-16,30-32,34H,4-8,11-12,17-24H2,1-3H3,(H,33,36). The zero-order chi connectivity index (χ0) is 28.3. The highest BCUT2D eigenvalue weighted by Gasteiger charge is 2.18. The summed E-state index contributed by atoms with van der Waals surface area (Å²) in [7, 11) is 2.25. The van der Waals surface area contributed by atoms with Crippen LogP contribution in [0.25, 0.3) is 10.8 Å². The van der Waals surface area contributed by atoms with Gasteiger partial charge < -0.3 is 26.2 Å². The highest BCUT2D eigenvalue weighted by atomic mass is 32.2. The van der Waals surface area contributed by atoms with Crippen molar-refractivity contribution >= 4 is 32.4 Å². The molecule has 0 bridgehead atoms. The van der Waals surface area contributed by atoms with Crippen molar-refractivity contribution in [3.8, 4) is 0 Å². The van der Waals surface area contributed by atoms with Gasteiger partial charge in [0, 0.05) is 50.1 Å². The van der Waals surface area contributed by atoms with Crippen LogP contribution in [0.1, 0.15) is 51.4 Å². The molecular formula is C29H50N6O3S. The summed E-state index contributed by atoms with van der Waals surface area (Å²) >= 11 is 0. The Morgan fingerprint density at radius 2 is 1.33 bits per heavy atom. The Kier molecular flexibility index (Phi) is 16.0. The molecule has 2 aromatic carbocycles. The van der Waals surface area contributed by atoms with Crippen LogP contribution in [0.2, 0.25) is 0 Å². The Hall–Kier alpha value is -2.24. The number of amides is 1. The smallest absolute Gasteiger partial charge is 0.241 e. The van der Waals surface area contributed by atoms with Crippen LogP contribution in [0, 0.1) is 0 Å². The number of unbranched alkanes of at least 4 members (excludes halogenated alkanes) is 3. The van der Waals surface area contributed by atoms with Crippen molar-refractivity contribution in [2.75, 3.05) is 71.9 Å². The third-order valence-corrected chi connectivity index (χ3v) is 8.11. The molecule has 0 atom stereocenters. The summed E-state index contributed by atoms with van der Waals surface area (Å²) in [5, 5.41) is 14.6. The SMILES string of the molecule is CNCCCNCCCCNCCCNC(=O)CCCCCNS(=O)(=O)c1cccc2c(N(C)C)cccc12. The van der Waals surface area contributed by atoms with Gasteiger partial charge in [-0.2, -0.15) is 0 Å². The minimum absolute atomic E-state index is 0.0624. The van der Waals surface area contributed by atoms with Crippen LogP contribution in [0.15, 0.2) is 41.3 Å². The van der Waals surface area contributed by atoms with Gasteiger partial charge in [-0.1, -0.05) is 30.7 Å². The molecule has 1 amide bonds. The molecule has 2 aromatic rings. The largest absolute Gasteiger partial charge is 0.377 e. The topological polar surface area (TPSA) is 115 Å². The van der Waals surface area contributed by atoms with E-state index in [1.54, 1.807) is 12.1 Å². The van der Waals surface area contributed by atoms with Crippen LogP contribution in [0.5, 0.6) is 0 Å². The van der Waals surface area contributed by atoms with E-state index in [0.29, 0.717) is 36.2 Å². The fourth-order valence-corrected chi connectivity index (χ4v) is 5.72. The number of nitrogens with zero attached hydrogens (tertiary/aromatic N) is 1. The van der Waals surface area contributed by atoms with Crippen LogP contribution in [0.4, 0.5) is 5.69 Å². The number of carbonyl (C=O) groups is 1. The molecule has 0 aromatic heterocycles. The van der Waals surface area contributed by atoms with E-state index < -0.39 is 10.0 Å². The molecule has 220 valence electrons. The third kappa shape index (κ3) is 12.7. The normalized spacial score (nSPS) is 11.7. The van der Waals surface area contributed by atoms with E-state index in [9.17, 15) is 13.2 Å². The van der Waals surface area contributed by atoms with Crippen molar-refractivity contribution in [3.05, 3.63) is 36.4 Å². The summed E-state index contributed by atoms with van der Waals surface area (Å²) in [6.45, 7) is 6.13. The molecule has 10 heteroatoms. The van der Waals surface area contributed by atoms with E-state index in [1.165, 1.54) is 6.42 Å². The number of fused-ring (bicyclic) bond motifs is 1. The van der Waals surface area contributed by atoms with E-state index in [4.69, 9.17) is 0 Å². The highest BCUT2D eigenvalue weighted by Crippen LogP contribution is 2.30. The lowest BCUT2D eigenvalue weighted by atomic mass is 10.1. The number of rotatable bonds is 22. The van der Waals surface area contributed by atoms with Gasteiger partial charge in [0.05, 0.1) is 4.90 Å². The van der Waals surface area contributed by atoms with Crippen LogP contribution in [-0.2, 0) is 14.8 Å². The average Bonchev–Trinajstić information content (AvgIpc) is 2.92. The number of hydrogen-bond donors (Lipinski definition) is 5. The monoisotopic (exact) mass is 562 g/mol. The molecule has 39 heavy (non-hydrogen) atoms. The highest BCUT2D eigenvalue weighted by molar-refractivity contribution is 7.89. The van der Waals surface area contributed by atoms with Crippen molar-refractivity contribution in [2.45, 2.75) is 56.3 Å². The predicted octanol–water partition coefficient (Wildman–Crippen LogP) is 2.82. The molecule has 0 aliphatic rings. The Morgan fingerprint density at radius 1 is 0.718 bits per heavy atom. The Morgan fingerprint density at radius 3 is 2.03 bits per heavy atom. The Bertz CT molecular complexity index is 1080. The van der Waals surface area contributed by atoms with E-state index >= 15 is 0 Å². The number of carbonyl (C=O) groups excluding carboxylic acids is 1. The maximum atomic E-state index is 13.0. The Balaban J connectivity index is 1.52. The number of nitrogens with one attached hydrogen (secondary N) is 5. The molecule has 9 nitrogen and oxygen atoms in total. The minimum atomic E-state index is -3.62. The molecule has 2 rings (SSSR count). The van der Waals surface area contributed by atoms with Crippen molar-refractivity contribution in [1.29, 1.82) is 0 Å². The molecule has 0 fully saturated rings. The van der Waals surface area contributed by atoms with Crippen LogP contribution in [0.3, 0.4) is 0 Å². The summed E-state index contributed by atoms with van der Waals surface area (Å²) in [4.78, 5) is 14.3. The summed E-state index contributed by atoms with van der Waals surface area (Å²) in [5.41, 5.74) is 0.981. The summed E-state index contributed by atoms with van der Waals surface area (Å²) in [5.74, 6) is 0.0624. The zero-order valence-corrected chi connectivity index (χ0v) is 25.0. The first kappa shape index (κ1) is 33.0. The minimum Gasteiger partial charge on any atom is -0.377 e. The molecular weight excluding hydrogens is 512 g/mol. The second kappa shape index (κ2) is 18.9. The number of benzene rings is 2. The van der Waals surface area contributed by atoms with E-state index in [2.05, 4.69) is 26.0 Å². The maximum Gasteiger partial charge on any atom is 0.241 e. The second-order valence-corrected chi connectivity index (χ2v) is 11.8. The predicted molar refractivity (Wildman–Crippen MR) is 163 cm³/mol. The fourth-order valence-electron chi connectivity index (χ4n) is 4.43. The van der Waals surface area contributed by atoms with Crippen molar-refractivity contribution in [3.63, 3.8) is 0 Å². The molecule has 0 aliphatic carbocycles. The van der Waals surface area contributed by atoms with Crippen molar-refractivity contribution < 1.29 is 13.2 Å². The van der Waals surface area contributed by atoms with Gasteiger partial charge in [-0.3, -0.25) is 4.79 Å². The molecule has 0 heterocycles. The van der Waals surface area contributed by atoms with Gasteiger partial charge in [-0.15, -0.1) is 0 Å². The molecule has 0 saturated carbocycles. The quantitative estimate of drug-likeness (QED) is 0.140. The van der Waals surface area contributed by atoms with Crippen LogP contribution >= 0.6 is 0 Å². The maximum absolute atomic E-state index is 13.0. The molecule has 0 unspecified atom stereocenters. The van der Waals surface area contributed by atoms with Gasteiger partial charge in [0.25, 0.3) is 0 Å². The second-order valence-electron chi connectivity index (χ2n) is 10.1. The number of anilines is 1. The molecule has 0 spiro atoms. The lowest BCUT2D eigenvalue weighted by molar-refractivity contribution is -0.121. The first-order chi connectivity index (χ1) is 18.9. The van der Waals surface area contributed by atoms with Gasteiger partial charge in [0.2, 0.25) is 15.9 Å². The summed E-state index contributed by atoms with van der Waals surface area (Å²) in [6, 6.07) is 11.1. The van der Waals surface area contributed by atoms with Gasteiger partial charge in [-0.05, 0) is 90.4 Å². The van der Waals surface area contributed by atoms with E-state index in [1.807, 2.05) is 50.3 Å². The van der Waals surface area contributed by atoms with Crippen molar-refractivity contribution in [2.24, 2.45) is 0 Å². The first-order valence-corrected chi connectivity index (χ1v) is 15.9. The Labute approximate surface area is 235 Å². The summed E-state index contributed by atoms with van der Waals surface area (Å²) < 4.78 is 28.7. The van der Waals surface area contributed by atoms with Gasteiger partial charge in [0.15, 0.2) is 0 Å². The van der Waals surface area contributed by atoms with E-state index in [0.717, 1.165) is 75.9 Å². The lowest BCUT2D eigenvalue weighted by Gasteiger charge is -2.17. The summed E-state index contributed by atoms with van der Waals surface area (Å²) in [6.07, 6.45) is 7.10. The lowest BCUT2D eigenvalue weighted by Crippen LogP contribution is -2.28. The van der Waals surface area contributed by atoms with Crippen LogP contribution in [-0.4, -0.2) is 81.3 Å². The first-order valence-electron chi connectivity index (χ1n) is 14.4. The van der Waals surface area contributed by atoms with Gasteiger partial charge in [0.1, 0.15) is 0 Å². The average molecular weight is 563 g/mol. The molecule has 0 radical (unpaired) electrons. The fraction of sp³-hybridized carbons (Fsp3) is 0.621. The van der Waals surface area contributed by atoms with Crippen LogP contribution < -0.4 is 30.9 Å². The molecule has 5 N–H and O–H groups in total. The van der Waals surface area contributed by atoms with Gasteiger partial charge >= 0.3 is 0 Å². The van der Waals surface area contributed by atoms with E-state index in [-0.39, 0.29) is 5.91 Å². The number of sulfonamides is 1. The molecule has 0 aliphatic heterocycles. The third-order valence-electron chi connectivity index (χ3n) is 6.59. The van der Waals surface area contributed by atoms with Crippen molar-refractivity contribution in [1.82, 2.24) is 26.0 Å².